The summed E-state index contributed by atoms with van der Waals surface area (Å²) in [5, 5.41) is 0. The second-order valence-electron chi connectivity index (χ2n) is 5.55. The molecular weight excluding hydrogens is 271 g/mol. The molecule has 2 amide bonds. The molecule has 3 atom stereocenters. The highest BCUT2D eigenvalue weighted by Crippen LogP contribution is 2.38. The van der Waals surface area contributed by atoms with Gasteiger partial charge in [-0.25, -0.2) is 0 Å². The number of fused-ring (bicyclic) bond motifs is 1. The summed E-state index contributed by atoms with van der Waals surface area (Å²) in [5.74, 6) is -3.34. The molecule has 0 spiro atoms. The number of imide groups is 1. The highest BCUT2D eigenvalue weighted by Gasteiger charge is 2.55. The van der Waals surface area contributed by atoms with Gasteiger partial charge < -0.3 is 0 Å². The Labute approximate surface area is 115 Å². The minimum absolute atomic E-state index is 0.268. The Hall–Kier alpha value is -1.59. The Morgan fingerprint density at radius 2 is 1.55 bits per heavy atom. The van der Waals surface area contributed by atoms with Crippen LogP contribution < -0.4 is 0 Å². The summed E-state index contributed by atoms with van der Waals surface area (Å²) in [6, 6.07) is -2.03. The fourth-order valence-corrected chi connectivity index (χ4v) is 2.65. The number of hydrogen-bond acceptors (Lipinski definition) is 2. The number of carbonyl (C=O) groups is 2. The maximum atomic E-state index is 13.2. The average molecular weight is 287 g/mol. The second kappa shape index (κ2) is 5.07. The van der Waals surface area contributed by atoms with Gasteiger partial charge in [0.25, 0.3) is 0 Å². The van der Waals surface area contributed by atoms with Gasteiger partial charge in [0.05, 0.1) is 11.8 Å². The Kier molecular flexibility index (Phi) is 3.75. The summed E-state index contributed by atoms with van der Waals surface area (Å²) in [6.07, 6.45) is 1.29. The van der Waals surface area contributed by atoms with E-state index in [2.05, 4.69) is 0 Å². The smallest absolute Gasteiger partial charge is 0.274 e. The van der Waals surface area contributed by atoms with Crippen molar-refractivity contribution in [2.24, 2.45) is 17.8 Å². The number of halogens is 3. The minimum atomic E-state index is -4.60. The van der Waals surface area contributed by atoms with Gasteiger partial charge in [0.2, 0.25) is 11.8 Å². The normalized spacial score (nSPS) is 27.4. The van der Waals surface area contributed by atoms with E-state index in [1.54, 1.807) is 26.0 Å². The van der Waals surface area contributed by atoms with Crippen LogP contribution in [-0.2, 0) is 9.59 Å². The second-order valence-corrected chi connectivity index (χ2v) is 5.55. The van der Waals surface area contributed by atoms with Crippen LogP contribution in [0.4, 0.5) is 13.2 Å². The Morgan fingerprint density at radius 3 is 1.90 bits per heavy atom. The van der Waals surface area contributed by atoms with Crippen molar-refractivity contribution in [2.45, 2.75) is 32.5 Å². The number of allylic oxidation sites excluding steroid dienone is 2. The third-order valence-electron chi connectivity index (χ3n) is 3.56. The van der Waals surface area contributed by atoms with Crippen LogP contribution in [-0.4, -0.2) is 28.9 Å². The molecule has 20 heavy (non-hydrogen) atoms. The summed E-state index contributed by atoms with van der Waals surface area (Å²) in [5.41, 5.74) is 0. The van der Waals surface area contributed by atoms with E-state index < -0.39 is 35.9 Å². The van der Waals surface area contributed by atoms with Crippen LogP contribution in [0.25, 0.3) is 0 Å². The Morgan fingerprint density at radius 1 is 1.10 bits per heavy atom. The van der Waals surface area contributed by atoms with Crippen molar-refractivity contribution in [1.29, 1.82) is 0 Å². The van der Waals surface area contributed by atoms with Crippen molar-refractivity contribution >= 4 is 11.8 Å². The molecule has 0 saturated carbocycles. The maximum Gasteiger partial charge on any atom is 0.409 e. The van der Waals surface area contributed by atoms with E-state index >= 15 is 0 Å². The number of nitrogens with zero attached hydrogens (tertiary/aromatic N) is 1. The largest absolute Gasteiger partial charge is 0.409 e. The molecule has 3 unspecified atom stereocenters. The molecule has 0 N–H and O–H groups in total. The predicted octanol–water partition coefficient (Wildman–Crippen LogP) is 2.69. The van der Waals surface area contributed by atoms with E-state index in [4.69, 9.17) is 0 Å². The Balaban J connectivity index is 2.34. The molecule has 0 aromatic rings. The van der Waals surface area contributed by atoms with Gasteiger partial charge in [0.1, 0.15) is 6.04 Å². The van der Waals surface area contributed by atoms with Crippen LogP contribution in [0.3, 0.4) is 0 Å². The zero-order valence-corrected chi connectivity index (χ0v) is 11.2. The molecule has 0 aromatic carbocycles. The third-order valence-corrected chi connectivity index (χ3v) is 3.56. The first-order valence-corrected chi connectivity index (χ1v) is 6.52. The lowest BCUT2D eigenvalue weighted by Crippen LogP contribution is -2.49. The quantitative estimate of drug-likeness (QED) is 0.748. The first-order chi connectivity index (χ1) is 9.23. The van der Waals surface area contributed by atoms with Crippen molar-refractivity contribution in [3.05, 3.63) is 24.3 Å². The number of carbonyl (C=O) groups excluding carboxylic acids is 2. The molecule has 110 valence electrons. The fraction of sp³-hybridized carbons (Fsp3) is 0.571. The van der Waals surface area contributed by atoms with Gasteiger partial charge in [-0.3, -0.25) is 14.5 Å². The molecule has 2 aliphatic rings. The van der Waals surface area contributed by atoms with Gasteiger partial charge in [-0.1, -0.05) is 38.2 Å². The summed E-state index contributed by atoms with van der Waals surface area (Å²) in [4.78, 5) is 24.7. The molecule has 2 rings (SSSR count). The van der Waals surface area contributed by atoms with Crippen molar-refractivity contribution in [2.75, 3.05) is 0 Å². The summed E-state index contributed by atoms with van der Waals surface area (Å²) in [6.45, 7) is 3.27. The van der Waals surface area contributed by atoms with E-state index in [1.807, 2.05) is 0 Å². The zero-order chi connectivity index (χ0) is 15.1. The van der Waals surface area contributed by atoms with Crippen molar-refractivity contribution in [3.8, 4) is 0 Å². The van der Waals surface area contributed by atoms with Gasteiger partial charge in [-0.05, 0) is 12.3 Å². The van der Waals surface area contributed by atoms with E-state index in [-0.39, 0.29) is 12.3 Å². The van der Waals surface area contributed by atoms with E-state index in [0.717, 1.165) is 0 Å². The highest BCUT2D eigenvalue weighted by atomic mass is 19.4. The lowest BCUT2D eigenvalue weighted by Gasteiger charge is -2.29. The number of amides is 2. The van der Waals surface area contributed by atoms with Crippen molar-refractivity contribution < 1.29 is 22.8 Å². The Bertz CT molecular complexity index is 449. The van der Waals surface area contributed by atoms with E-state index in [9.17, 15) is 22.8 Å². The predicted molar refractivity (Wildman–Crippen MR) is 66.4 cm³/mol. The van der Waals surface area contributed by atoms with Crippen LogP contribution in [0.15, 0.2) is 24.3 Å². The van der Waals surface area contributed by atoms with Crippen molar-refractivity contribution in [3.63, 3.8) is 0 Å². The van der Waals surface area contributed by atoms with Gasteiger partial charge in [0.15, 0.2) is 0 Å². The van der Waals surface area contributed by atoms with Crippen molar-refractivity contribution in [1.82, 2.24) is 4.90 Å². The molecule has 1 saturated heterocycles. The standard InChI is InChI=1S/C14H16F3NO2/c1-8(2)7-11(14(15,16)17)18-12(19)9-5-3-4-6-10(9)13(18)20/h3-6,8-11H,7H2,1-2H3. The lowest BCUT2D eigenvalue weighted by molar-refractivity contribution is -0.193. The van der Waals surface area contributed by atoms with Crippen LogP contribution in [0.2, 0.25) is 0 Å². The summed E-state index contributed by atoms with van der Waals surface area (Å²) < 4.78 is 39.5. The van der Waals surface area contributed by atoms with Gasteiger partial charge in [0, 0.05) is 0 Å². The first kappa shape index (κ1) is 14.8. The average Bonchev–Trinajstić information content (AvgIpc) is 2.59. The highest BCUT2D eigenvalue weighted by molar-refractivity contribution is 6.07. The van der Waals surface area contributed by atoms with E-state index in [0.29, 0.717) is 4.90 Å². The first-order valence-electron chi connectivity index (χ1n) is 6.52. The molecule has 1 aliphatic heterocycles. The molecule has 3 nitrogen and oxygen atoms in total. The van der Waals surface area contributed by atoms with Crippen LogP contribution in [0.5, 0.6) is 0 Å². The number of alkyl halides is 3. The third kappa shape index (κ3) is 2.51. The number of likely N-dealkylation sites (tertiary alicyclic amines) is 1. The fourth-order valence-electron chi connectivity index (χ4n) is 2.65. The maximum absolute atomic E-state index is 13.2. The van der Waals surface area contributed by atoms with Crippen LogP contribution in [0, 0.1) is 17.8 Å². The van der Waals surface area contributed by atoms with Crippen LogP contribution >= 0.6 is 0 Å². The molecular formula is C14H16F3NO2. The molecule has 6 heteroatoms. The van der Waals surface area contributed by atoms with Crippen LogP contribution in [0.1, 0.15) is 20.3 Å². The van der Waals surface area contributed by atoms with Gasteiger partial charge in [-0.2, -0.15) is 13.2 Å². The number of rotatable bonds is 3. The lowest BCUT2D eigenvalue weighted by atomic mass is 9.91. The SMILES string of the molecule is CC(C)CC(N1C(=O)C2C=CC=CC2C1=O)C(F)(F)F. The number of hydrogen-bond donors (Lipinski definition) is 0. The zero-order valence-electron chi connectivity index (χ0n) is 11.2. The van der Waals surface area contributed by atoms with Gasteiger partial charge >= 0.3 is 6.18 Å². The summed E-state index contributed by atoms with van der Waals surface area (Å²) in [7, 11) is 0. The molecule has 1 fully saturated rings. The minimum Gasteiger partial charge on any atom is -0.274 e. The van der Waals surface area contributed by atoms with E-state index in [1.165, 1.54) is 12.2 Å². The molecule has 1 heterocycles. The topological polar surface area (TPSA) is 37.4 Å². The summed E-state index contributed by atoms with van der Waals surface area (Å²) >= 11 is 0. The van der Waals surface area contributed by atoms with Gasteiger partial charge in [-0.15, -0.1) is 0 Å². The molecule has 0 radical (unpaired) electrons. The molecule has 0 bridgehead atoms. The monoisotopic (exact) mass is 287 g/mol. The molecule has 0 aromatic heterocycles. The molecule has 1 aliphatic carbocycles.